The Kier molecular flexibility index (Phi) is 8.04. The van der Waals surface area contributed by atoms with E-state index in [0.29, 0.717) is 60.2 Å². The number of carbonyl (C=O) groups is 1. The maximum atomic E-state index is 13.5. The van der Waals surface area contributed by atoms with Gasteiger partial charge in [-0.1, -0.05) is 6.07 Å². The molecule has 0 radical (unpaired) electrons. The molecule has 1 heterocycles. The Morgan fingerprint density at radius 2 is 1.49 bits per heavy atom. The summed E-state index contributed by atoms with van der Waals surface area (Å²) >= 11 is 0. The number of benzene rings is 2. The molecule has 1 fully saturated rings. The summed E-state index contributed by atoms with van der Waals surface area (Å²) in [6, 6.07) is 8.83. The molecule has 1 amide bonds. The van der Waals surface area contributed by atoms with Gasteiger partial charge in [0.1, 0.15) is 9.84 Å². The minimum absolute atomic E-state index is 0.00750. The van der Waals surface area contributed by atoms with Crippen molar-refractivity contribution in [3.63, 3.8) is 0 Å². The molecular formula is C25H33NO8S. The summed E-state index contributed by atoms with van der Waals surface area (Å²) in [7, 11) is 4.40. The Hall–Kier alpha value is -3.14. The molecular weight excluding hydrogens is 474 g/mol. The number of carbonyl (C=O) groups excluding carboxylic acids is 1. The summed E-state index contributed by atoms with van der Waals surface area (Å²) in [4.78, 5) is 15.3. The van der Waals surface area contributed by atoms with Crippen LogP contribution in [0.5, 0.6) is 28.7 Å². The number of hydrogen-bond donors (Lipinski definition) is 0. The monoisotopic (exact) mass is 507 g/mol. The van der Waals surface area contributed by atoms with Crippen molar-refractivity contribution in [2.45, 2.75) is 18.3 Å². The van der Waals surface area contributed by atoms with Gasteiger partial charge in [0.05, 0.1) is 41.3 Å². The van der Waals surface area contributed by atoms with E-state index in [1.54, 1.807) is 37.3 Å². The zero-order chi connectivity index (χ0) is 25.8. The number of sulfone groups is 1. The van der Waals surface area contributed by atoms with Crippen molar-refractivity contribution in [1.29, 1.82) is 0 Å². The van der Waals surface area contributed by atoms with Crippen molar-refractivity contribution in [2.24, 2.45) is 0 Å². The number of likely N-dealkylation sites (tertiary alicyclic amines) is 1. The second kappa shape index (κ2) is 10.6. The third-order valence-electron chi connectivity index (χ3n) is 6.50. The van der Waals surface area contributed by atoms with Gasteiger partial charge in [0.25, 0.3) is 5.91 Å². The molecule has 0 bridgehead atoms. The van der Waals surface area contributed by atoms with Crippen LogP contribution in [0.2, 0.25) is 0 Å². The predicted molar refractivity (Wildman–Crippen MR) is 132 cm³/mol. The van der Waals surface area contributed by atoms with E-state index in [0.717, 1.165) is 5.56 Å². The average Bonchev–Trinajstić information content (AvgIpc) is 3.30. The van der Waals surface area contributed by atoms with Crippen LogP contribution in [0.15, 0.2) is 30.3 Å². The highest BCUT2D eigenvalue weighted by atomic mass is 32.2. The van der Waals surface area contributed by atoms with E-state index in [-0.39, 0.29) is 11.7 Å². The lowest BCUT2D eigenvalue weighted by Crippen LogP contribution is -2.36. The first-order valence-electron chi connectivity index (χ1n) is 11.1. The van der Waals surface area contributed by atoms with Crippen molar-refractivity contribution in [1.82, 2.24) is 4.90 Å². The van der Waals surface area contributed by atoms with Crippen LogP contribution in [-0.2, 0) is 15.3 Å². The molecule has 3 rings (SSSR count). The highest BCUT2D eigenvalue weighted by Crippen LogP contribution is 2.43. The highest BCUT2D eigenvalue weighted by molar-refractivity contribution is 7.90. The van der Waals surface area contributed by atoms with Gasteiger partial charge in [-0.25, -0.2) is 8.42 Å². The fraction of sp³-hybridized carbons (Fsp3) is 0.480. The largest absolute Gasteiger partial charge is 0.493 e. The van der Waals surface area contributed by atoms with E-state index in [1.165, 1.54) is 27.6 Å². The molecule has 1 atom stereocenters. The fourth-order valence-electron chi connectivity index (χ4n) is 4.56. The Bertz CT molecular complexity index is 1150. The first kappa shape index (κ1) is 26.5. The second-order valence-corrected chi connectivity index (χ2v) is 10.9. The van der Waals surface area contributed by atoms with Crippen molar-refractivity contribution >= 4 is 15.7 Å². The van der Waals surface area contributed by atoms with Crippen molar-refractivity contribution in [3.8, 4) is 28.7 Å². The van der Waals surface area contributed by atoms with Crippen LogP contribution in [0.3, 0.4) is 0 Å². The van der Waals surface area contributed by atoms with Crippen LogP contribution >= 0.6 is 0 Å². The molecule has 10 heteroatoms. The van der Waals surface area contributed by atoms with Gasteiger partial charge in [0.2, 0.25) is 5.75 Å². The quantitative estimate of drug-likeness (QED) is 0.484. The number of ether oxygens (including phenoxy) is 5. The first-order valence-corrected chi connectivity index (χ1v) is 13.2. The van der Waals surface area contributed by atoms with E-state index < -0.39 is 15.3 Å². The summed E-state index contributed by atoms with van der Waals surface area (Å²) in [6.07, 6.45) is 2.21. The van der Waals surface area contributed by atoms with Gasteiger partial charge < -0.3 is 28.6 Å². The van der Waals surface area contributed by atoms with Gasteiger partial charge in [-0.2, -0.15) is 0 Å². The Balaban J connectivity index is 1.99. The molecule has 0 aliphatic carbocycles. The zero-order valence-corrected chi connectivity index (χ0v) is 21.9. The first-order chi connectivity index (χ1) is 16.6. The van der Waals surface area contributed by atoms with Crippen LogP contribution in [0.4, 0.5) is 0 Å². The molecule has 0 N–H and O–H groups in total. The zero-order valence-electron chi connectivity index (χ0n) is 21.0. The molecule has 2 aromatic carbocycles. The molecule has 0 spiro atoms. The highest BCUT2D eigenvalue weighted by Gasteiger charge is 2.42. The van der Waals surface area contributed by atoms with Crippen LogP contribution in [0.25, 0.3) is 0 Å². The lowest BCUT2D eigenvalue weighted by atomic mass is 9.77. The predicted octanol–water partition coefficient (Wildman–Crippen LogP) is 2.95. The van der Waals surface area contributed by atoms with Crippen LogP contribution in [0.1, 0.15) is 28.8 Å². The van der Waals surface area contributed by atoms with Gasteiger partial charge >= 0.3 is 0 Å². The third kappa shape index (κ3) is 5.58. The van der Waals surface area contributed by atoms with E-state index >= 15 is 0 Å². The van der Waals surface area contributed by atoms with Gasteiger partial charge in [-0.3, -0.25) is 4.79 Å². The topological polar surface area (TPSA) is 101 Å². The molecule has 0 aromatic heterocycles. The van der Waals surface area contributed by atoms with Gasteiger partial charge in [0.15, 0.2) is 23.0 Å². The molecule has 1 unspecified atom stereocenters. The minimum atomic E-state index is -3.21. The molecule has 0 saturated carbocycles. The third-order valence-corrected chi connectivity index (χ3v) is 7.45. The molecule has 192 valence electrons. The maximum absolute atomic E-state index is 13.5. The standard InChI is InChI=1S/C25H33NO8S/c1-30-19-8-7-18(15-20(19)31-2)25(10-12-35(6,28)29)9-11-26(16-25)24(27)17-13-21(32-3)23(34-5)22(14-17)33-4/h7-8,13-15H,9-12,16H2,1-6H3. The molecule has 1 aliphatic rings. The second-order valence-electron chi connectivity index (χ2n) is 8.62. The van der Waals surface area contributed by atoms with E-state index in [4.69, 9.17) is 23.7 Å². The number of rotatable bonds is 10. The van der Waals surface area contributed by atoms with Gasteiger partial charge in [-0.05, 0) is 42.7 Å². The lowest BCUT2D eigenvalue weighted by Gasteiger charge is -2.30. The summed E-state index contributed by atoms with van der Waals surface area (Å²) in [5.41, 5.74) is 0.739. The Morgan fingerprint density at radius 1 is 0.886 bits per heavy atom. The number of amides is 1. The van der Waals surface area contributed by atoms with Crippen molar-refractivity contribution in [2.75, 3.05) is 60.6 Å². The van der Waals surface area contributed by atoms with E-state index in [9.17, 15) is 13.2 Å². The Morgan fingerprint density at radius 3 is 2.00 bits per heavy atom. The van der Waals surface area contributed by atoms with Crippen LogP contribution in [-0.4, -0.2) is 79.9 Å². The smallest absolute Gasteiger partial charge is 0.254 e. The van der Waals surface area contributed by atoms with Crippen molar-refractivity contribution in [3.05, 3.63) is 41.5 Å². The average molecular weight is 508 g/mol. The number of nitrogens with zero attached hydrogens (tertiary/aromatic N) is 1. The molecule has 35 heavy (non-hydrogen) atoms. The summed E-state index contributed by atoms with van der Waals surface area (Å²) in [6.45, 7) is 0.821. The van der Waals surface area contributed by atoms with E-state index in [1.807, 2.05) is 12.1 Å². The SMILES string of the molecule is COc1ccc(C2(CCS(C)(=O)=O)CCN(C(=O)c3cc(OC)c(OC)c(OC)c3)C2)cc1OC. The molecule has 1 saturated heterocycles. The lowest BCUT2D eigenvalue weighted by molar-refractivity contribution is 0.0782. The molecule has 1 aliphatic heterocycles. The van der Waals surface area contributed by atoms with Crippen LogP contribution < -0.4 is 23.7 Å². The minimum Gasteiger partial charge on any atom is -0.493 e. The summed E-state index contributed by atoms with van der Waals surface area (Å²) < 4.78 is 51.1. The maximum Gasteiger partial charge on any atom is 0.254 e. The number of methoxy groups -OCH3 is 5. The van der Waals surface area contributed by atoms with Gasteiger partial charge in [0, 0.05) is 30.3 Å². The summed E-state index contributed by atoms with van der Waals surface area (Å²) in [5.74, 6) is 2.12. The fourth-order valence-corrected chi connectivity index (χ4v) is 5.33. The Labute approximate surface area is 206 Å². The normalized spacial score (nSPS) is 17.7. The van der Waals surface area contributed by atoms with Crippen LogP contribution in [0, 0.1) is 0 Å². The number of hydrogen-bond acceptors (Lipinski definition) is 8. The van der Waals surface area contributed by atoms with Gasteiger partial charge in [-0.15, -0.1) is 0 Å². The van der Waals surface area contributed by atoms with Crippen molar-refractivity contribution < 1.29 is 36.9 Å². The molecule has 9 nitrogen and oxygen atoms in total. The summed E-state index contributed by atoms with van der Waals surface area (Å²) in [5, 5.41) is 0. The van der Waals surface area contributed by atoms with E-state index in [2.05, 4.69) is 0 Å². The molecule has 2 aromatic rings.